The number of aromatic nitrogens is 2. The van der Waals surface area contributed by atoms with Crippen LogP contribution in [0.1, 0.15) is 37.5 Å². The van der Waals surface area contributed by atoms with Gasteiger partial charge >= 0.3 is 0 Å². The minimum absolute atomic E-state index is 0.229. The van der Waals surface area contributed by atoms with Crippen LogP contribution < -0.4 is 0 Å². The molecule has 0 spiro atoms. The molecule has 0 bridgehead atoms. The maximum absolute atomic E-state index is 5.54. The van der Waals surface area contributed by atoms with E-state index in [2.05, 4.69) is 45.9 Å². The molecule has 0 N–H and O–H groups in total. The second-order valence-electron chi connectivity index (χ2n) is 7.01. The highest BCUT2D eigenvalue weighted by atomic mass is 16.5. The first-order valence-corrected chi connectivity index (χ1v) is 8.55. The second-order valence-corrected chi connectivity index (χ2v) is 7.01. The van der Waals surface area contributed by atoms with Gasteiger partial charge in [0.25, 0.3) is 0 Å². The smallest absolute Gasteiger partial charge is 0.243 e. The van der Waals surface area contributed by atoms with E-state index in [1.54, 1.807) is 0 Å². The van der Waals surface area contributed by atoms with E-state index in [1.165, 1.54) is 25.9 Å². The molecule has 1 aromatic rings. The van der Waals surface area contributed by atoms with Gasteiger partial charge in [0.15, 0.2) is 5.82 Å². The Morgan fingerprint density at radius 3 is 2.36 bits per heavy atom. The molecule has 2 fully saturated rings. The number of piperidine rings is 1. The summed E-state index contributed by atoms with van der Waals surface area (Å²) in [6, 6.07) is 0.229. The Labute approximate surface area is 133 Å². The van der Waals surface area contributed by atoms with Crippen LogP contribution in [0.25, 0.3) is 0 Å². The van der Waals surface area contributed by atoms with E-state index >= 15 is 0 Å². The lowest BCUT2D eigenvalue weighted by molar-refractivity contribution is 0.102. The van der Waals surface area contributed by atoms with Crippen molar-refractivity contribution in [2.45, 2.75) is 32.2 Å². The average molecular weight is 307 g/mol. The summed E-state index contributed by atoms with van der Waals surface area (Å²) in [6.07, 6.45) is 3.45. The Morgan fingerprint density at radius 2 is 1.68 bits per heavy atom. The molecule has 2 aliphatic heterocycles. The minimum Gasteiger partial charge on any atom is -0.338 e. The maximum Gasteiger partial charge on any atom is 0.243 e. The fourth-order valence-corrected chi connectivity index (χ4v) is 3.41. The van der Waals surface area contributed by atoms with Crippen molar-refractivity contribution in [3.05, 3.63) is 11.7 Å². The summed E-state index contributed by atoms with van der Waals surface area (Å²) in [5.74, 6) is 2.39. The van der Waals surface area contributed by atoms with E-state index < -0.39 is 0 Å². The summed E-state index contributed by atoms with van der Waals surface area (Å²) in [4.78, 5) is 11.9. The van der Waals surface area contributed by atoms with Gasteiger partial charge in [0, 0.05) is 32.6 Å². The minimum atomic E-state index is 0.229. The van der Waals surface area contributed by atoms with Gasteiger partial charge < -0.3 is 14.3 Å². The highest BCUT2D eigenvalue weighted by Gasteiger charge is 2.25. The number of rotatable bonds is 4. The average Bonchev–Trinajstić information content (AvgIpc) is 2.98. The van der Waals surface area contributed by atoms with Crippen LogP contribution >= 0.6 is 0 Å². The summed E-state index contributed by atoms with van der Waals surface area (Å²) in [5, 5.41) is 4.22. The van der Waals surface area contributed by atoms with Crippen LogP contribution in [-0.4, -0.2) is 78.2 Å². The lowest BCUT2D eigenvalue weighted by Crippen LogP contribution is -2.45. The number of likely N-dealkylation sites (N-methyl/N-ethyl adjacent to an activating group) is 1. The topological polar surface area (TPSA) is 48.6 Å². The number of piperazine rings is 1. The zero-order chi connectivity index (χ0) is 15.5. The van der Waals surface area contributed by atoms with Gasteiger partial charge in [-0.1, -0.05) is 5.16 Å². The van der Waals surface area contributed by atoms with E-state index in [1.807, 2.05) is 0 Å². The number of likely N-dealkylation sites (tertiary alicyclic amines) is 1. The van der Waals surface area contributed by atoms with Crippen LogP contribution in [0.3, 0.4) is 0 Å². The highest BCUT2D eigenvalue weighted by Crippen LogP contribution is 2.23. The Balaban J connectivity index is 1.54. The number of hydrogen-bond donors (Lipinski definition) is 0. The van der Waals surface area contributed by atoms with Crippen LogP contribution in [0.15, 0.2) is 4.52 Å². The lowest BCUT2D eigenvalue weighted by Gasteiger charge is -2.34. The largest absolute Gasteiger partial charge is 0.338 e. The van der Waals surface area contributed by atoms with Gasteiger partial charge in [0.2, 0.25) is 5.89 Å². The van der Waals surface area contributed by atoms with Gasteiger partial charge in [-0.3, -0.25) is 4.90 Å². The molecule has 0 radical (unpaired) electrons. The van der Waals surface area contributed by atoms with Gasteiger partial charge in [-0.15, -0.1) is 0 Å². The third-order valence-corrected chi connectivity index (χ3v) is 5.24. The molecule has 0 aliphatic carbocycles. The molecule has 6 heteroatoms. The predicted molar refractivity (Wildman–Crippen MR) is 85.7 cm³/mol. The molecule has 6 nitrogen and oxygen atoms in total. The van der Waals surface area contributed by atoms with Crippen LogP contribution in [0.5, 0.6) is 0 Å². The quantitative estimate of drug-likeness (QED) is 0.835. The molecular formula is C16H29N5O. The Bertz CT molecular complexity index is 461. The third-order valence-electron chi connectivity index (χ3n) is 5.24. The van der Waals surface area contributed by atoms with Crippen LogP contribution in [0, 0.1) is 5.92 Å². The molecule has 0 saturated carbocycles. The molecule has 124 valence electrons. The Hall–Kier alpha value is -0.980. The number of hydrogen-bond acceptors (Lipinski definition) is 6. The molecule has 0 aromatic carbocycles. The van der Waals surface area contributed by atoms with Gasteiger partial charge in [0.05, 0.1) is 6.04 Å². The van der Waals surface area contributed by atoms with Gasteiger partial charge in [-0.2, -0.15) is 4.98 Å². The van der Waals surface area contributed by atoms with Crippen molar-refractivity contribution in [2.75, 3.05) is 53.4 Å². The summed E-state index contributed by atoms with van der Waals surface area (Å²) in [5.41, 5.74) is 0. The maximum atomic E-state index is 5.54. The fourth-order valence-electron chi connectivity index (χ4n) is 3.41. The van der Waals surface area contributed by atoms with Gasteiger partial charge in [-0.05, 0) is 52.9 Å². The van der Waals surface area contributed by atoms with E-state index in [4.69, 9.17) is 4.52 Å². The summed E-state index contributed by atoms with van der Waals surface area (Å²) < 4.78 is 5.54. The first kappa shape index (κ1) is 15.9. The van der Waals surface area contributed by atoms with Crippen molar-refractivity contribution in [3.63, 3.8) is 0 Å². The summed E-state index contributed by atoms with van der Waals surface area (Å²) >= 11 is 0. The lowest BCUT2D eigenvalue weighted by atomic mass is 9.94. The van der Waals surface area contributed by atoms with Crippen molar-refractivity contribution < 1.29 is 4.52 Å². The molecule has 0 unspecified atom stereocenters. The molecule has 22 heavy (non-hydrogen) atoms. The van der Waals surface area contributed by atoms with E-state index in [0.29, 0.717) is 5.92 Å². The first-order chi connectivity index (χ1) is 10.6. The number of nitrogens with zero attached hydrogens (tertiary/aromatic N) is 5. The molecule has 2 saturated heterocycles. The molecule has 3 heterocycles. The van der Waals surface area contributed by atoms with Crippen molar-refractivity contribution in [1.82, 2.24) is 24.8 Å². The summed E-state index contributed by atoms with van der Waals surface area (Å²) in [6.45, 7) is 8.93. The summed E-state index contributed by atoms with van der Waals surface area (Å²) in [7, 11) is 4.37. The van der Waals surface area contributed by atoms with Crippen molar-refractivity contribution in [3.8, 4) is 0 Å². The van der Waals surface area contributed by atoms with Gasteiger partial charge in [-0.25, -0.2) is 0 Å². The van der Waals surface area contributed by atoms with E-state index in [9.17, 15) is 0 Å². The monoisotopic (exact) mass is 307 g/mol. The van der Waals surface area contributed by atoms with Crippen molar-refractivity contribution >= 4 is 0 Å². The fraction of sp³-hybridized carbons (Fsp3) is 0.875. The molecular weight excluding hydrogens is 278 g/mol. The third kappa shape index (κ3) is 3.86. The van der Waals surface area contributed by atoms with Crippen LogP contribution in [0.2, 0.25) is 0 Å². The molecule has 1 atom stereocenters. The van der Waals surface area contributed by atoms with E-state index in [-0.39, 0.29) is 6.04 Å². The Kier molecular flexibility index (Phi) is 5.10. The standard InChI is InChI=1S/C16H29N5O/c1-13(21-10-8-20(3)9-11-21)16-17-15(18-22-16)12-14-4-6-19(2)7-5-14/h13-14H,4-12H2,1-3H3/t13-/m0/s1. The molecule has 1 aromatic heterocycles. The first-order valence-electron chi connectivity index (χ1n) is 8.55. The van der Waals surface area contributed by atoms with Gasteiger partial charge in [0.1, 0.15) is 0 Å². The van der Waals surface area contributed by atoms with E-state index in [0.717, 1.165) is 44.3 Å². The SMILES string of the molecule is C[C@@H](c1nc(CC2CCN(C)CC2)no1)N1CCN(C)CC1. The van der Waals surface area contributed by atoms with Crippen molar-refractivity contribution in [2.24, 2.45) is 5.92 Å². The predicted octanol–water partition coefficient (Wildman–Crippen LogP) is 1.26. The second kappa shape index (κ2) is 7.06. The molecule has 0 amide bonds. The van der Waals surface area contributed by atoms with Crippen LogP contribution in [0.4, 0.5) is 0 Å². The zero-order valence-corrected chi connectivity index (χ0v) is 14.2. The molecule has 2 aliphatic rings. The molecule has 3 rings (SSSR count). The van der Waals surface area contributed by atoms with Crippen molar-refractivity contribution in [1.29, 1.82) is 0 Å². The zero-order valence-electron chi connectivity index (χ0n) is 14.2. The van der Waals surface area contributed by atoms with Crippen LogP contribution in [-0.2, 0) is 6.42 Å². The normalized spacial score (nSPS) is 24.7. The highest BCUT2D eigenvalue weighted by molar-refractivity contribution is 4.95. The Morgan fingerprint density at radius 1 is 1.05 bits per heavy atom.